The first-order chi connectivity index (χ1) is 21.2. The summed E-state index contributed by atoms with van der Waals surface area (Å²) in [5, 5.41) is 3.30. The van der Waals surface area contributed by atoms with Crippen molar-refractivity contribution >= 4 is 50.4 Å². The van der Waals surface area contributed by atoms with Gasteiger partial charge in [-0.1, -0.05) is 43.1 Å². The van der Waals surface area contributed by atoms with Crippen molar-refractivity contribution in [2.45, 2.75) is 89.1 Å². The van der Waals surface area contributed by atoms with Crippen molar-refractivity contribution in [3.8, 4) is 0 Å². The third kappa shape index (κ3) is 5.85. The van der Waals surface area contributed by atoms with Gasteiger partial charge in [-0.3, -0.25) is 9.59 Å². The highest BCUT2D eigenvalue weighted by atomic mass is 35.5. The summed E-state index contributed by atoms with van der Waals surface area (Å²) < 4.78 is 45.4. The molecule has 3 heterocycles. The second kappa shape index (κ2) is 11.9. The summed E-state index contributed by atoms with van der Waals surface area (Å²) in [6.45, 7) is 4.83. The quantitative estimate of drug-likeness (QED) is 0.309. The fourth-order valence-corrected chi connectivity index (χ4v) is 9.96. The summed E-state index contributed by atoms with van der Waals surface area (Å²) in [7, 11) is -3.09. The summed E-state index contributed by atoms with van der Waals surface area (Å²) in [5.74, 6) is -2.32. The predicted octanol–water partition coefficient (Wildman–Crippen LogP) is 7.30. The zero-order valence-corrected chi connectivity index (χ0v) is 28.3. The number of hydrogen-bond acceptors (Lipinski definition) is 6. The molecule has 1 saturated heterocycles. The predicted molar refractivity (Wildman–Crippen MR) is 173 cm³/mol. The highest BCUT2D eigenvalue weighted by Gasteiger charge is 2.72. The first-order valence-corrected chi connectivity index (χ1v) is 18.7. The number of fused-ring (bicyclic) bond motifs is 3. The van der Waals surface area contributed by atoms with E-state index in [1.165, 1.54) is 12.5 Å². The molecule has 3 fully saturated rings. The number of hydrogen-bond donors (Lipinski definition) is 1. The molecule has 1 amide bonds. The third-order valence-electron chi connectivity index (χ3n) is 11.3. The summed E-state index contributed by atoms with van der Waals surface area (Å²) >= 11 is 12.7. The molecule has 2 spiro atoms. The molecule has 4 aliphatic rings. The van der Waals surface area contributed by atoms with Gasteiger partial charge in [-0.05, 0) is 97.4 Å². The third-order valence-corrected chi connectivity index (χ3v) is 12.8. The maximum Gasteiger partial charge on any atom is 0.236 e. The van der Waals surface area contributed by atoms with E-state index in [1.54, 1.807) is 18.2 Å². The van der Waals surface area contributed by atoms with Gasteiger partial charge >= 0.3 is 0 Å². The van der Waals surface area contributed by atoms with Crippen molar-refractivity contribution in [2.75, 3.05) is 23.9 Å². The number of nitrogens with one attached hydrogen (secondary N) is 1. The van der Waals surface area contributed by atoms with Crippen molar-refractivity contribution in [1.82, 2.24) is 4.98 Å². The smallest absolute Gasteiger partial charge is 0.236 e. The van der Waals surface area contributed by atoms with Crippen LogP contribution in [-0.4, -0.2) is 49.8 Å². The summed E-state index contributed by atoms with van der Waals surface area (Å²) in [5.41, 5.74) is -0.0857. The van der Waals surface area contributed by atoms with E-state index >= 15 is 4.39 Å². The molecule has 5 atom stereocenters. The number of carbonyl (C=O) groups is 2. The van der Waals surface area contributed by atoms with Crippen LogP contribution in [0.1, 0.15) is 88.7 Å². The number of pyridine rings is 1. The minimum atomic E-state index is -3.09. The Morgan fingerprint density at radius 2 is 1.87 bits per heavy atom. The Kier molecular flexibility index (Phi) is 8.67. The summed E-state index contributed by atoms with van der Waals surface area (Å²) in [4.78, 5) is 33.1. The lowest BCUT2D eigenvalue weighted by Crippen LogP contribution is -2.52. The molecule has 1 N–H and O–H groups in total. The number of halogens is 3. The summed E-state index contributed by atoms with van der Waals surface area (Å²) in [6.07, 6.45) is 8.29. The van der Waals surface area contributed by atoms with E-state index in [0.717, 1.165) is 37.7 Å². The topological polar surface area (TPSA) is 102 Å². The van der Waals surface area contributed by atoms with Crippen molar-refractivity contribution in [2.24, 2.45) is 22.7 Å². The first-order valence-electron chi connectivity index (χ1n) is 15.9. The van der Waals surface area contributed by atoms with Gasteiger partial charge in [-0.25, -0.2) is 17.8 Å². The van der Waals surface area contributed by atoms with Crippen LogP contribution in [0.15, 0.2) is 30.5 Å². The highest BCUT2D eigenvalue weighted by molar-refractivity contribution is 7.90. The van der Waals surface area contributed by atoms with Crippen LogP contribution in [-0.2, 0) is 29.6 Å². The highest BCUT2D eigenvalue weighted by Crippen LogP contribution is 2.72. The van der Waals surface area contributed by atoms with Crippen LogP contribution >= 0.6 is 23.2 Å². The fraction of sp³-hybridized carbons (Fsp3) is 0.618. The number of ether oxygens (including phenoxy) is 1. The Hall–Kier alpha value is -2.07. The van der Waals surface area contributed by atoms with E-state index in [0.29, 0.717) is 36.6 Å². The average molecular weight is 680 g/mol. The lowest BCUT2D eigenvalue weighted by atomic mass is 9.51. The number of Topliss-reactive ketones (excluding diaryl/α,β-unsaturated/α-hetero) is 1. The zero-order chi connectivity index (χ0) is 32.4. The molecule has 0 unspecified atom stereocenters. The number of benzene rings is 1. The molecule has 244 valence electrons. The molecule has 1 aromatic heterocycles. The van der Waals surface area contributed by atoms with Crippen LogP contribution < -0.4 is 5.32 Å². The second-order valence-electron chi connectivity index (χ2n) is 14.7. The SMILES string of the molecule is CC1(C)CCC2(CC1)C[C@@H](C(=O)C[C@@H]1CC[C@@H](CCS(C)(=O)=O)OC1)[C@H](c1ccnc(Cl)c1F)[C@]21C(=O)Nc2cc(Cl)ccc21. The lowest BCUT2D eigenvalue weighted by Gasteiger charge is -2.51. The monoisotopic (exact) mass is 678 g/mol. The molecule has 2 aliphatic heterocycles. The van der Waals surface area contributed by atoms with Crippen LogP contribution in [0.4, 0.5) is 10.1 Å². The van der Waals surface area contributed by atoms with E-state index < -0.39 is 38.3 Å². The average Bonchev–Trinajstić information content (AvgIpc) is 3.43. The minimum absolute atomic E-state index is 0.00758. The van der Waals surface area contributed by atoms with Gasteiger partial charge in [0, 0.05) is 41.4 Å². The number of ketones is 1. The molecular formula is C34H41Cl2FN2O5S. The van der Waals surface area contributed by atoms with Crippen LogP contribution in [0, 0.1) is 28.5 Å². The van der Waals surface area contributed by atoms with Gasteiger partial charge in [0.1, 0.15) is 15.6 Å². The van der Waals surface area contributed by atoms with Gasteiger partial charge < -0.3 is 10.1 Å². The van der Waals surface area contributed by atoms with Crippen LogP contribution in [0.3, 0.4) is 0 Å². The fourth-order valence-electron chi connectivity index (χ4n) is 8.93. The van der Waals surface area contributed by atoms with Gasteiger partial charge in [0.15, 0.2) is 11.0 Å². The van der Waals surface area contributed by atoms with Gasteiger partial charge in [-0.15, -0.1) is 0 Å². The molecule has 1 aromatic carbocycles. The molecule has 6 rings (SSSR count). The van der Waals surface area contributed by atoms with E-state index in [2.05, 4.69) is 24.1 Å². The van der Waals surface area contributed by atoms with Crippen molar-refractivity contribution in [3.05, 3.63) is 57.6 Å². The van der Waals surface area contributed by atoms with Gasteiger partial charge in [0.2, 0.25) is 5.91 Å². The number of sulfone groups is 1. The number of anilines is 1. The Morgan fingerprint density at radius 1 is 1.13 bits per heavy atom. The zero-order valence-electron chi connectivity index (χ0n) is 26.0. The van der Waals surface area contributed by atoms with Gasteiger partial charge in [0.25, 0.3) is 0 Å². The largest absolute Gasteiger partial charge is 0.378 e. The Bertz CT molecular complexity index is 1610. The first kappa shape index (κ1) is 32.9. The molecule has 11 heteroatoms. The lowest BCUT2D eigenvalue weighted by molar-refractivity contribution is -0.127. The minimum Gasteiger partial charge on any atom is -0.378 e. The maximum absolute atomic E-state index is 16.1. The van der Waals surface area contributed by atoms with Crippen LogP contribution in [0.2, 0.25) is 10.2 Å². The maximum atomic E-state index is 16.1. The van der Waals surface area contributed by atoms with E-state index in [4.69, 9.17) is 27.9 Å². The number of carbonyl (C=O) groups excluding carboxylic acids is 2. The standard InChI is InChI=1S/C34H41Cl2FN2O5S/c1-32(2)10-12-33(13-11-32)18-24(27(40)16-20-4-6-22(44-19-20)9-15-45(3,42)43)28(23-8-14-38-30(36)29(23)37)34(33)25-7-5-21(35)17-26(25)39-31(34)41/h5,7-8,14,17,20,22,24,28H,4,6,9-13,15-16,18-19H2,1-3H3,(H,39,41)/t20-,22-,24-,28-,34+/m0/s1. The number of aromatic nitrogens is 1. The molecule has 45 heavy (non-hydrogen) atoms. The van der Waals surface area contributed by atoms with E-state index in [9.17, 15) is 18.0 Å². The van der Waals surface area contributed by atoms with Gasteiger partial charge in [0.05, 0.1) is 23.9 Å². The molecule has 2 saturated carbocycles. The van der Waals surface area contributed by atoms with Crippen LogP contribution in [0.25, 0.3) is 0 Å². The number of rotatable bonds is 7. The van der Waals surface area contributed by atoms with E-state index in [-0.39, 0.29) is 52.0 Å². The number of nitrogens with zero attached hydrogens (tertiary/aromatic N) is 1. The second-order valence-corrected chi connectivity index (χ2v) is 17.7. The Morgan fingerprint density at radius 3 is 2.53 bits per heavy atom. The molecule has 0 radical (unpaired) electrons. The molecular weight excluding hydrogens is 638 g/mol. The van der Waals surface area contributed by atoms with Crippen molar-refractivity contribution < 1.29 is 27.1 Å². The number of amides is 1. The molecule has 2 aromatic rings. The molecule has 0 bridgehead atoms. The normalized spacial score (nSPS) is 30.4. The van der Waals surface area contributed by atoms with Gasteiger partial charge in [-0.2, -0.15) is 0 Å². The van der Waals surface area contributed by atoms with Crippen LogP contribution in [0.5, 0.6) is 0 Å². The van der Waals surface area contributed by atoms with Crippen molar-refractivity contribution in [1.29, 1.82) is 0 Å². The van der Waals surface area contributed by atoms with Crippen molar-refractivity contribution in [3.63, 3.8) is 0 Å². The molecule has 7 nitrogen and oxygen atoms in total. The Labute approximate surface area is 274 Å². The summed E-state index contributed by atoms with van der Waals surface area (Å²) in [6, 6.07) is 6.97. The van der Waals surface area contributed by atoms with E-state index in [1.807, 2.05) is 6.07 Å². The molecule has 2 aliphatic carbocycles. The Balaban J connectivity index is 1.40.